The molecule has 1 fully saturated rings. The molecule has 0 bridgehead atoms. The maximum absolute atomic E-state index is 13.3. The molecule has 3 aromatic rings. The Balaban J connectivity index is 1.69. The van der Waals surface area contributed by atoms with Crippen molar-refractivity contribution in [2.45, 2.75) is 31.2 Å². The number of hydrogen-bond donors (Lipinski definition) is 1. The van der Waals surface area contributed by atoms with Crippen LogP contribution in [0.5, 0.6) is 0 Å². The van der Waals surface area contributed by atoms with Gasteiger partial charge in [-0.1, -0.05) is 12.1 Å². The molecule has 12 heteroatoms. The van der Waals surface area contributed by atoms with Crippen LogP contribution in [0.1, 0.15) is 56.4 Å². The van der Waals surface area contributed by atoms with Gasteiger partial charge in [-0.2, -0.15) is 26.3 Å². The fraction of sp³-hybridized carbons (Fsp3) is 0.280. The van der Waals surface area contributed by atoms with Crippen LogP contribution in [0.15, 0.2) is 54.9 Å². The third-order valence-corrected chi connectivity index (χ3v) is 5.83. The summed E-state index contributed by atoms with van der Waals surface area (Å²) in [5, 5.41) is 2.57. The molecule has 1 amide bonds. The molecular formula is C25H19F6N3O3. The summed E-state index contributed by atoms with van der Waals surface area (Å²) in [6, 6.07) is 6.11. The Labute approximate surface area is 206 Å². The number of nitrogens with zero attached hydrogens (tertiary/aromatic N) is 2. The number of halogens is 6. The number of nitrogens with one attached hydrogen (secondary N) is 1. The fourth-order valence-corrected chi connectivity index (χ4v) is 3.83. The summed E-state index contributed by atoms with van der Waals surface area (Å²) in [6.45, 7) is 0. The van der Waals surface area contributed by atoms with Crippen molar-refractivity contribution in [1.29, 1.82) is 0 Å². The monoisotopic (exact) mass is 523 g/mol. The van der Waals surface area contributed by atoms with E-state index in [-0.39, 0.29) is 17.5 Å². The van der Waals surface area contributed by atoms with Gasteiger partial charge in [0.2, 0.25) is 0 Å². The van der Waals surface area contributed by atoms with Gasteiger partial charge >= 0.3 is 18.3 Å². The molecular weight excluding hydrogens is 504 g/mol. The molecule has 1 atom stereocenters. The predicted octanol–water partition coefficient (Wildman–Crippen LogP) is 5.85. The Hall–Kier alpha value is -3.96. The summed E-state index contributed by atoms with van der Waals surface area (Å²) in [4.78, 5) is 33.3. The maximum Gasteiger partial charge on any atom is 0.416 e. The van der Waals surface area contributed by atoms with E-state index in [1.165, 1.54) is 31.6 Å². The molecule has 1 N–H and O–H groups in total. The first-order valence-electron chi connectivity index (χ1n) is 11.0. The summed E-state index contributed by atoms with van der Waals surface area (Å²) < 4.78 is 84.2. The first-order valence-corrected chi connectivity index (χ1v) is 11.0. The molecule has 1 unspecified atom stereocenters. The number of esters is 1. The van der Waals surface area contributed by atoms with E-state index in [4.69, 9.17) is 0 Å². The minimum Gasteiger partial charge on any atom is -0.465 e. The van der Waals surface area contributed by atoms with Crippen LogP contribution < -0.4 is 5.32 Å². The quantitative estimate of drug-likeness (QED) is 0.324. The van der Waals surface area contributed by atoms with Crippen LogP contribution in [0, 0.1) is 5.92 Å². The summed E-state index contributed by atoms with van der Waals surface area (Å²) >= 11 is 0. The number of amides is 1. The van der Waals surface area contributed by atoms with E-state index < -0.39 is 47.0 Å². The second-order valence-corrected chi connectivity index (χ2v) is 8.44. The number of carbonyl (C=O) groups excluding carboxylic acids is 2. The number of methoxy groups -OCH3 is 1. The average molecular weight is 523 g/mol. The van der Waals surface area contributed by atoms with Gasteiger partial charge in [0.25, 0.3) is 5.91 Å². The van der Waals surface area contributed by atoms with Crippen LogP contribution in [-0.4, -0.2) is 29.0 Å². The molecule has 1 aromatic heterocycles. The number of ether oxygens (including phenoxy) is 1. The van der Waals surface area contributed by atoms with Crippen molar-refractivity contribution >= 4 is 11.9 Å². The third-order valence-electron chi connectivity index (χ3n) is 5.83. The van der Waals surface area contributed by atoms with Crippen molar-refractivity contribution < 1.29 is 40.7 Å². The number of hydrogen-bond acceptors (Lipinski definition) is 5. The van der Waals surface area contributed by atoms with Crippen molar-refractivity contribution in [2.24, 2.45) is 5.92 Å². The van der Waals surface area contributed by atoms with Crippen LogP contribution in [0.2, 0.25) is 0 Å². The van der Waals surface area contributed by atoms with Gasteiger partial charge in [0.15, 0.2) is 0 Å². The van der Waals surface area contributed by atoms with E-state index in [1.807, 2.05) is 0 Å². The number of alkyl halides is 6. The van der Waals surface area contributed by atoms with Crippen molar-refractivity contribution in [2.75, 3.05) is 7.11 Å². The Morgan fingerprint density at radius 2 is 1.46 bits per heavy atom. The Kier molecular flexibility index (Phi) is 6.94. The van der Waals surface area contributed by atoms with Gasteiger partial charge in [0.05, 0.1) is 41.2 Å². The van der Waals surface area contributed by atoms with Gasteiger partial charge in [-0.15, -0.1) is 0 Å². The molecule has 1 heterocycles. The zero-order valence-corrected chi connectivity index (χ0v) is 19.2. The highest BCUT2D eigenvalue weighted by Crippen LogP contribution is 2.43. The average Bonchev–Trinajstić information content (AvgIpc) is 3.71. The highest BCUT2D eigenvalue weighted by atomic mass is 19.4. The minimum atomic E-state index is -5.08. The van der Waals surface area contributed by atoms with Crippen LogP contribution in [-0.2, 0) is 17.1 Å². The number of benzene rings is 2. The molecule has 2 aromatic carbocycles. The van der Waals surface area contributed by atoms with E-state index in [1.54, 1.807) is 12.1 Å². The van der Waals surface area contributed by atoms with Gasteiger partial charge < -0.3 is 10.1 Å². The third kappa shape index (κ3) is 5.89. The number of aromatic nitrogens is 2. The molecule has 1 aliphatic carbocycles. The van der Waals surface area contributed by atoms with Gasteiger partial charge in [-0.25, -0.2) is 4.79 Å². The van der Waals surface area contributed by atoms with Crippen LogP contribution >= 0.6 is 0 Å². The smallest absolute Gasteiger partial charge is 0.416 e. The summed E-state index contributed by atoms with van der Waals surface area (Å²) in [5.41, 5.74) is -2.48. The molecule has 1 saturated carbocycles. The van der Waals surface area contributed by atoms with Crippen molar-refractivity contribution in [3.63, 3.8) is 0 Å². The Morgan fingerprint density at radius 1 is 0.892 bits per heavy atom. The highest BCUT2D eigenvalue weighted by molar-refractivity contribution is 5.95. The van der Waals surface area contributed by atoms with Gasteiger partial charge in [0.1, 0.15) is 0 Å². The minimum absolute atomic E-state index is 0.0338. The summed E-state index contributed by atoms with van der Waals surface area (Å²) in [5.74, 6) is -1.79. The lowest BCUT2D eigenvalue weighted by Crippen LogP contribution is -2.31. The molecule has 0 saturated heterocycles. The predicted molar refractivity (Wildman–Crippen MR) is 118 cm³/mol. The first-order chi connectivity index (χ1) is 17.4. The molecule has 6 nitrogen and oxygen atoms in total. The van der Waals surface area contributed by atoms with E-state index in [0.29, 0.717) is 41.9 Å². The van der Waals surface area contributed by atoms with Crippen LogP contribution in [0.4, 0.5) is 26.3 Å². The van der Waals surface area contributed by atoms with Crippen molar-refractivity contribution in [3.8, 4) is 11.3 Å². The zero-order valence-electron chi connectivity index (χ0n) is 19.2. The van der Waals surface area contributed by atoms with Gasteiger partial charge in [0, 0.05) is 23.5 Å². The first kappa shape index (κ1) is 26.1. The number of carbonyl (C=O) groups is 2. The maximum atomic E-state index is 13.3. The van der Waals surface area contributed by atoms with Gasteiger partial charge in [-0.05, 0) is 49.1 Å². The topological polar surface area (TPSA) is 81.2 Å². The SMILES string of the molecule is COC(=O)c1ccc(-c2nccnc2C(NC(=O)c2cc(C(F)(F)F)cc(C(F)(F)F)c2)C2CC2)cc1. The van der Waals surface area contributed by atoms with Gasteiger partial charge in [-0.3, -0.25) is 14.8 Å². The van der Waals surface area contributed by atoms with E-state index in [0.717, 1.165) is 0 Å². The van der Waals surface area contributed by atoms with Crippen molar-refractivity contribution in [1.82, 2.24) is 15.3 Å². The lowest BCUT2D eigenvalue weighted by molar-refractivity contribution is -0.143. The standard InChI is InChI=1S/C25H19F6N3O3/c1-37-23(36)15-6-4-13(5-7-15)19-21(33-9-8-32-19)20(14-2-3-14)34-22(35)16-10-17(24(26,27)28)12-18(11-16)25(29,30)31/h4-12,14,20H,2-3H2,1H3,(H,34,35). The molecule has 37 heavy (non-hydrogen) atoms. The zero-order chi connectivity index (χ0) is 27.0. The van der Waals surface area contributed by atoms with E-state index in [2.05, 4.69) is 20.0 Å². The molecule has 4 rings (SSSR count). The Bertz CT molecular complexity index is 1290. The Morgan fingerprint density at radius 3 is 1.97 bits per heavy atom. The second-order valence-electron chi connectivity index (χ2n) is 8.44. The van der Waals surface area contributed by atoms with E-state index in [9.17, 15) is 35.9 Å². The fourth-order valence-electron chi connectivity index (χ4n) is 3.83. The second kappa shape index (κ2) is 9.83. The number of rotatable bonds is 6. The largest absolute Gasteiger partial charge is 0.465 e. The molecule has 194 valence electrons. The molecule has 1 aliphatic rings. The molecule has 0 radical (unpaired) electrons. The lowest BCUT2D eigenvalue weighted by Gasteiger charge is -2.21. The van der Waals surface area contributed by atoms with Crippen LogP contribution in [0.3, 0.4) is 0 Å². The molecule has 0 aliphatic heterocycles. The van der Waals surface area contributed by atoms with E-state index >= 15 is 0 Å². The normalized spacial score (nSPS) is 14.7. The summed E-state index contributed by atoms with van der Waals surface area (Å²) in [7, 11) is 1.24. The van der Waals surface area contributed by atoms with Crippen molar-refractivity contribution in [3.05, 3.63) is 82.8 Å². The highest BCUT2D eigenvalue weighted by Gasteiger charge is 2.39. The lowest BCUT2D eigenvalue weighted by atomic mass is 9.99. The van der Waals surface area contributed by atoms with Crippen LogP contribution in [0.25, 0.3) is 11.3 Å². The summed E-state index contributed by atoms with van der Waals surface area (Å²) in [6.07, 6.45) is -6.06. The molecule has 0 spiro atoms.